The Morgan fingerprint density at radius 3 is 2.53 bits per heavy atom. The Morgan fingerprint density at radius 2 is 1.95 bits per heavy atom. The number of carbonyl (C=O) groups is 2. The van der Waals surface area contributed by atoms with Crippen LogP contribution in [0.2, 0.25) is 0 Å². The van der Waals surface area contributed by atoms with Crippen LogP contribution in [0.4, 0.5) is 5.69 Å². The first-order chi connectivity index (χ1) is 9.11. The first-order valence-corrected chi connectivity index (χ1v) is 7.00. The first-order valence-electron chi connectivity index (χ1n) is 7.00. The summed E-state index contributed by atoms with van der Waals surface area (Å²) in [6, 6.07) is 7.78. The van der Waals surface area contributed by atoms with E-state index in [1.54, 1.807) is 6.92 Å². The fourth-order valence-corrected chi connectivity index (χ4v) is 1.60. The lowest BCUT2D eigenvalue weighted by atomic mass is 10.1. The summed E-state index contributed by atoms with van der Waals surface area (Å²) in [5.41, 5.74) is 1.98. The maximum absolute atomic E-state index is 11.2. The molecule has 0 unspecified atom stereocenters. The van der Waals surface area contributed by atoms with Crippen molar-refractivity contribution in [2.75, 3.05) is 5.32 Å². The predicted octanol–water partition coefficient (Wildman–Crippen LogP) is 4.22. The van der Waals surface area contributed by atoms with Crippen molar-refractivity contribution >= 4 is 17.4 Å². The van der Waals surface area contributed by atoms with E-state index in [1.807, 2.05) is 45.0 Å². The lowest BCUT2D eigenvalue weighted by molar-refractivity contribution is -0.117. The van der Waals surface area contributed by atoms with Crippen molar-refractivity contribution in [3.63, 3.8) is 0 Å². The van der Waals surface area contributed by atoms with Crippen molar-refractivity contribution in [1.82, 2.24) is 0 Å². The number of benzene rings is 1. The molecule has 0 aliphatic heterocycles. The van der Waals surface area contributed by atoms with Gasteiger partial charge in [0.05, 0.1) is 0 Å². The molecule has 19 heavy (non-hydrogen) atoms. The zero-order valence-electron chi connectivity index (χ0n) is 12.5. The van der Waals surface area contributed by atoms with Gasteiger partial charge in [-0.05, 0) is 37.5 Å². The molecular formula is C16H27NO2. The number of rotatable bonds is 6. The first kappa shape index (κ1) is 17.4. The van der Waals surface area contributed by atoms with Crippen molar-refractivity contribution in [3.8, 4) is 0 Å². The molecule has 0 saturated carbocycles. The molecule has 1 amide bonds. The zero-order chi connectivity index (χ0) is 14.7. The van der Waals surface area contributed by atoms with E-state index in [1.165, 1.54) is 0 Å². The molecule has 1 rings (SSSR count). The number of carbonyl (C=O) groups excluding carboxylic acids is 2. The second-order valence-corrected chi connectivity index (χ2v) is 4.16. The average Bonchev–Trinajstić information content (AvgIpc) is 2.41. The minimum absolute atomic E-state index is 0. The van der Waals surface area contributed by atoms with E-state index in [2.05, 4.69) is 5.32 Å². The van der Waals surface area contributed by atoms with Gasteiger partial charge in [0.2, 0.25) is 5.91 Å². The summed E-state index contributed by atoms with van der Waals surface area (Å²) in [6.45, 7) is 7.43. The van der Waals surface area contributed by atoms with Crippen molar-refractivity contribution in [1.29, 1.82) is 0 Å². The number of Topliss-reactive ketones (excluding diaryl/α,β-unsaturated/α-hetero) is 1. The Hall–Kier alpha value is -1.64. The number of anilines is 1. The van der Waals surface area contributed by atoms with Crippen molar-refractivity contribution in [2.24, 2.45) is 0 Å². The van der Waals surface area contributed by atoms with Gasteiger partial charge in [-0.15, -0.1) is 0 Å². The van der Waals surface area contributed by atoms with E-state index < -0.39 is 0 Å². The van der Waals surface area contributed by atoms with Crippen LogP contribution in [0.3, 0.4) is 0 Å². The van der Waals surface area contributed by atoms with E-state index in [-0.39, 0.29) is 13.1 Å². The average molecular weight is 265 g/mol. The highest BCUT2D eigenvalue weighted by Crippen LogP contribution is 2.13. The molecule has 0 atom stereocenters. The lowest BCUT2D eigenvalue weighted by Crippen LogP contribution is -2.09. The number of ketones is 1. The number of hydrogen-bond acceptors (Lipinski definition) is 2. The molecule has 108 valence electrons. The molecule has 0 saturated heterocycles. The van der Waals surface area contributed by atoms with Crippen LogP contribution in [0.1, 0.15) is 53.9 Å². The van der Waals surface area contributed by atoms with Gasteiger partial charge in [0.25, 0.3) is 0 Å². The Labute approximate surface area is 117 Å². The largest absolute Gasteiger partial charge is 0.326 e. The molecule has 0 aliphatic rings. The van der Waals surface area contributed by atoms with Gasteiger partial charge in [0, 0.05) is 20.0 Å². The SMILES string of the molecule is CC.CCC(=O)Nc1cccc(CCCC(C)=O)c1.[HH]. The quantitative estimate of drug-likeness (QED) is 0.837. The normalized spacial score (nSPS) is 9.26. The van der Waals surface area contributed by atoms with Crippen LogP contribution < -0.4 is 5.32 Å². The van der Waals surface area contributed by atoms with E-state index in [9.17, 15) is 9.59 Å². The van der Waals surface area contributed by atoms with E-state index in [0.717, 1.165) is 24.1 Å². The second-order valence-electron chi connectivity index (χ2n) is 4.16. The topological polar surface area (TPSA) is 46.2 Å². The summed E-state index contributed by atoms with van der Waals surface area (Å²) in [6.07, 6.45) is 2.83. The molecule has 1 N–H and O–H groups in total. The van der Waals surface area contributed by atoms with Crippen LogP contribution in [0.15, 0.2) is 24.3 Å². The third kappa shape index (κ3) is 8.14. The van der Waals surface area contributed by atoms with Crippen molar-refractivity contribution in [3.05, 3.63) is 29.8 Å². The summed E-state index contributed by atoms with van der Waals surface area (Å²) in [5, 5.41) is 2.83. The zero-order valence-corrected chi connectivity index (χ0v) is 12.5. The monoisotopic (exact) mass is 265 g/mol. The van der Waals surface area contributed by atoms with Gasteiger partial charge in [-0.2, -0.15) is 0 Å². The Kier molecular flexibility index (Phi) is 9.41. The molecule has 0 fully saturated rings. The highest BCUT2D eigenvalue weighted by Gasteiger charge is 2.01. The third-order valence-corrected chi connectivity index (χ3v) is 2.53. The standard InChI is InChI=1S/C14H19NO2.C2H6.H2/c1-3-14(17)15-13-9-5-8-12(10-13)7-4-6-11(2)16;1-2;/h5,8-10H,3-4,6-7H2,1-2H3,(H,15,17);1-2H3;1H. The van der Waals surface area contributed by atoms with E-state index in [0.29, 0.717) is 12.8 Å². The maximum atomic E-state index is 11.2. The molecule has 0 spiro atoms. The second kappa shape index (κ2) is 10.3. The van der Waals surface area contributed by atoms with Crippen LogP contribution >= 0.6 is 0 Å². The molecule has 1 aromatic rings. The highest BCUT2D eigenvalue weighted by atomic mass is 16.1. The maximum Gasteiger partial charge on any atom is 0.224 e. The van der Waals surface area contributed by atoms with E-state index >= 15 is 0 Å². The van der Waals surface area contributed by atoms with Gasteiger partial charge in [0.1, 0.15) is 5.78 Å². The Balaban J connectivity index is 0. The molecule has 0 aromatic heterocycles. The van der Waals surface area contributed by atoms with Crippen LogP contribution in [0, 0.1) is 0 Å². The van der Waals surface area contributed by atoms with Gasteiger partial charge >= 0.3 is 0 Å². The van der Waals surface area contributed by atoms with Crippen LogP contribution in [-0.4, -0.2) is 11.7 Å². The minimum atomic E-state index is 0. The third-order valence-electron chi connectivity index (χ3n) is 2.53. The van der Waals surface area contributed by atoms with Crippen molar-refractivity contribution < 1.29 is 11.0 Å². The van der Waals surface area contributed by atoms with Gasteiger partial charge < -0.3 is 10.1 Å². The summed E-state index contributed by atoms with van der Waals surface area (Å²) in [4.78, 5) is 22.1. The van der Waals surface area contributed by atoms with Crippen LogP contribution in [0.5, 0.6) is 0 Å². The molecule has 1 aromatic carbocycles. The van der Waals surface area contributed by atoms with Gasteiger partial charge in [-0.3, -0.25) is 4.79 Å². The van der Waals surface area contributed by atoms with Crippen LogP contribution in [-0.2, 0) is 16.0 Å². The molecule has 0 radical (unpaired) electrons. The molecular weight excluding hydrogens is 238 g/mol. The van der Waals surface area contributed by atoms with Gasteiger partial charge in [-0.25, -0.2) is 0 Å². The Morgan fingerprint density at radius 1 is 1.26 bits per heavy atom. The summed E-state index contributed by atoms with van der Waals surface area (Å²) in [5.74, 6) is 0.242. The summed E-state index contributed by atoms with van der Waals surface area (Å²) >= 11 is 0. The van der Waals surface area contributed by atoms with Gasteiger partial charge in [-0.1, -0.05) is 32.9 Å². The summed E-state index contributed by atoms with van der Waals surface area (Å²) in [7, 11) is 0. The fourth-order valence-electron chi connectivity index (χ4n) is 1.60. The molecule has 0 aliphatic carbocycles. The smallest absolute Gasteiger partial charge is 0.224 e. The van der Waals surface area contributed by atoms with Crippen molar-refractivity contribution in [2.45, 2.75) is 53.4 Å². The minimum Gasteiger partial charge on any atom is -0.326 e. The fraction of sp³-hybridized carbons (Fsp3) is 0.500. The number of hydrogen-bond donors (Lipinski definition) is 1. The highest BCUT2D eigenvalue weighted by molar-refractivity contribution is 5.90. The van der Waals surface area contributed by atoms with Crippen LogP contribution in [0.25, 0.3) is 0 Å². The Bertz CT molecular complexity index is 405. The molecule has 0 heterocycles. The number of nitrogens with one attached hydrogen (secondary N) is 1. The van der Waals surface area contributed by atoms with E-state index in [4.69, 9.17) is 0 Å². The molecule has 3 heteroatoms. The lowest BCUT2D eigenvalue weighted by Gasteiger charge is -2.06. The molecule has 0 bridgehead atoms. The number of amides is 1. The predicted molar refractivity (Wildman–Crippen MR) is 82.4 cm³/mol. The summed E-state index contributed by atoms with van der Waals surface area (Å²) < 4.78 is 0. The molecule has 3 nitrogen and oxygen atoms in total. The van der Waals surface area contributed by atoms with Gasteiger partial charge in [0.15, 0.2) is 0 Å². The number of aryl methyl sites for hydroxylation is 1.